The van der Waals surface area contributed by atoms with Crippen LogP contribution in [-0.2, 0) is 4.79 Å². The quantitative estimate of drug-likeness (QED) is 0.801. The molecule has 0 aliphatic carbocycles. The summed E-state index contributed by atoms with van der Waals surface area (Å²) in [5.41, 5.74) is 2.11. The van der Waals surface area contributed by atoms with E-state index < -0.39 is 0 Å². The number of likely N-dealkylation sites (tertiary alicyclic amines) is 1. The van der Waals surface area contributed by atoms with Gasteiger partial charge in [0, 0.05) is 13.6 Å². The van der Waals surface area contributed by atoms with Crippen LogP contribution in [0.1, 0.15) is 36.2 Å². The molecule has 1 fully saturated rings. The van der Waals surface area contributed by atoms with E-state index in [0.717, 1.165) is 24.0 Å². The van der Waals surface area contributed by atoms with E-state index in [1.807, 2.05) is 11.5 Å². The zero-order valence-electron chi connectivity index (χ0n) is 11.9. The van der Waals surface area contributed by atoms with Crippen LogP contribution in [0.2, 0.25) is 0 Å². The van der Waals surface area contributed by atoms with E-state index in [9.17, 15) is 4.79 Å². The van der Waals surface area contributed by atoms with E-state index in [2.05, 4.69) is 11.1 Å². The van der Waals surface area contributed by atoms with Gasteiger partial charge in [-0.1, -0.05) is 0 Å². The van der Waals surface area contributed by atoms with Crippen molar-refractivity contribution in [3.63, 3.8) is 0 Å². The first-order valence-corrected chi connectivity index (χ1v) is 7.27. The SMILES string of the molecule is CC(Cl)c1nc2ccc(C#N)cc2n1C1CCN(C)C1=O. The number of hydrogen-bond acceptors (Lipinski definition) is 3. The first-order valence-electron chi connectivity index (χ1n) is 6.84. The molecule has 2 heterocycles. The van der Waals surface area contributed by atoms with Crippen molar-refractivity contribution in [3.05, 3.63) is 29.6 Å². The van der Waals surface area contributed by atoms with E-state index in [1.54, 1.807) is 30.1 Å². The van der Waals surface area contributed by atoms with Crippen LogP contribution in [-0.4, -0.2) is 34.0 Å². The van der Waals surface area contributed by atoms with Crippen molar-refractivity contribution >= 4 is 28.5 Å². The molecule has 0 saturated carbocycles. The van der Waals surface area contributed by atoms with E-state index in [4.69, 9.17) is 16.9 Å². The molecule has 1 saturated heterocycles. The van der Waals surface area contributed by atoms with Crippen molar-refractivity contribution in [2.75, 3.05) is 13.6 Å². The van der Waals surface area contributed by atoms with Crippen molar-refractivity contribution in [1.29, 1.82) is 5.26 Å². The topological polar surface area (TPSA) is 61.9 Å². The van der Waals surface area contributed by atoms with Crippen LogP contribution in [0.3, 0.4) is 0 Å². The lowest BCUT2D eigenvalue weighted by molar-refractivity contribution is -0.129. The molecule has 1 aromatic carbocycles. The minimum Gasteiger partial charge on any atom is -0.344 e. The smallest absolute Gasteiger partial charge is 0.245 e. The van der Waals surface area contributed by atoms with Gasteiger partial charge in [0.05, 0.1) is 28.0 Å². The van der Waals surface area contributed by atoms with Gasteiger partial charge in [0.15, 0.2) is 0 Å². The minimum atomic E-state index is -0.304. The average molecular weight is 303 g/mol. The fraction of sp³-hybridized carbons (Fsp3) is 0.400. The number of halogens is 1. The molecule has 1 aliphatic heterocycles. The molecule has 0 radical (unpaired) electrons. The molecule has 0 spiro atoms. The van der Waals surface area contributed by atoms with Gasteiger partial charge in [0.2, 0.25) is 5.91 Å². The van der Waals surface area contributed by atoms with Crippen molar-refractivity contribution in [1.82, 2.24) is 14.5 Å². The summed E-state index contributed by atoms with van der Waals surface area (Å²) in [6, 6.07) is 7.14. The molecule has 6 heteroatoms. The lowest BCUT2D eigenvalue weighted by Crippen LogP contribution is -2.25. The van der Waals surface area contributed by atoms with Crippen LogP contribution in [0.5, 0.6) is 0 Å². The van der Waals surface area contributed by atoms with Crippen molar-refractivity contribution in [2.24, 2.45) is 0 Å². The highest BCUT2D eigenvalue weighted by molar-refractivity contribution is 6.20. The van der Waals surface area contributed by atoms with E-state index in [-0.39, 0.29) is 17.3 Å². The number of imidazole rings is 1. The highest BCUT2D eigenvalue weighted by Gasteiger charge is 2.34. The Morgan fingerprint density at radius 3 is 2.86 bits per heavy atom. The second kappa shape index (κ2) is 5.05. The summed E-state index contributed by atoms with van der Waals surface area (Å²) < 4.78 is 1.90. The van der Waals surface area contributed by atoms with Gasteiger partial charge in [0.1, 0.15) is 11.9 Å². The molecule has 0 bridgehead atoms. The molecule has 0 N–H and O–H groups in total. The maximum Gasteiger partial charge on any atom is 0.245 e. The Balaban J connectivity index is 2.25. The summed E-state index contributed by atoms with van der Waals surface area (Å²) >= 11 is 6.24. The molecule has 108 valence electrons. The minimum absolute atomic E-state index is 0.0650. The number of benzene rings is 1. The largest absolute Gasteiger partial charge is 0.344 e. The van der Waals surface area contributed by atoms with Gasteiger partial charge >= 0.3 is 0 Å². The molecular weight excluding hydrogens is 288 g/mol. The van der Waals surface area contributed by atoms with E-state index in [0.29, 0.717) is 11.4 Å². The summed E-state index contributed by atoms with van der Waals surface area (Å²) in [6.45, 7) is 2.56. The third-order valence-corrected chi connectivity index (χ3v) is 4.11. The van der Waals surface area contributed by atoms with E-state index in [1.165, 1.54) is 0 Å². The second-order valence-electron chi connectivity index (χ2n) is 5.34. The number of aromatic nitrogens is 2. The number of likely N-dealkylation sites (N-methyl/N-ethyl adjacent to an activating group) is 1. The Hall–Kier alpha value is -2.06. The molecular formula is C15H15ClN4O. The van der Waals surface area contributed by atoms with Gasteiger partial charge in [0.25, 0.3) is 0 Å². The number of alkyl halides is 1. The van der Waals surface area contributed by atoms with Gasteiger partial charge in [-0.15, -0.1) is 11.6 Å². The number of fused-ring (bicyclic) bond motifs is 1. The van der Waals surface area contributed by atoms with Crippen LogP contribution in [0.15, 0.2) is 18.2 Å². The monoisotopic (exact) mass is 302 g/mol. The molecule has 1 aromatic heterocycles. The molecule has 5 nitrogen and oxygen atoms in total. The fourth-order valence-electron chi connectivity index (χ4n) is 2.83. The maximum atomic E-state index is 12.3. The second-order valence-corrected chi connectivity index (χ2v) is 5.99. The molecule has 1 aliphatic rings. The van der Waals surface area contributed by atoms with Crippen LogP contribution in [0.4, 0.5) is 0 Å². The maximum absolute atomic E-state index is 12.3. The number of carbonyl (C=O) groups is 1. The Labute approximate surface area is 127 Å². The molecule has 21 heavy (non-hydrogen) atoms. The van der Waals surface area contributed by atoms with Gasteiger partial charge in [-0.2, -0.15) is 5.26 Å². The molecule has 2 unspecified atom stereocenters. The predicted molar refractivity (Wildman–Crippen MR) is 80.0 cm³/mol. The van der Waals surface area contributed by atoms with E-state index >= 15 is 0 Å². The Bertz CT molecular complexity index is 759. The Morgan fingerprint density at radius 2 is 2.29 bits per heavy atom. The Kier molecular flexibility index (Phi) is 3.34. The number of nitrogens with zero attached hydrogens (tertiary/aromatic N) is 4. The third kappa shape index (κ3) is 2.16. The first-order chi connectivity index (χ1) is 10.0. The van der Waals surface area contributed by atoms with Crippen LogP contribution >= 0.6 is 11.6 Å². The first kappa shape index (κ1) is 13.9. The lowest BCUT2D eigenvalue weighted by Gasteiger charge is -2.16. The fourth-order valence-corrected chi connectivity index (χ4v) is 2.99. The van der Waals surface area contributed by atoms with Crippen LogP contribution in [0.25, 0.3) is 11.0 Å². The number of amides is 1. The highest BCUT2D eigenvalue weighted by Crippen LogP contribution is 2.33. The summed E-state index contributed by atoms with van der Waals surface area (Å²) in [6.07, 6.45) is 0.730. The van der Waals surface area contributed by atoms with Gasteiger partial charge in [-0.25, -0.2) is 4.98 Å². The lowest BCUT2D eigenvalue weighted by atomic mass is 10.2. The number of carbonyl (C=O) groups excluding carboxylic acids is 1. The normalized spacial score (nSPS) is 20.0. The molecule has 3 rings (SSSR count). The highest BCUT2D eigenvalue weighted by atomic mass is 35.5. The molecule has 1 amide bonds. The van der Waals surface area contributed by atoms with Gasteiger partial charge in [-0.05, 0) is 31.5 Å². The Morgan fingerprint density at radius 1 is 1.52 bits per heavy atom. The van der Waals surface area contributed by atoms with Crippen LogP contribution in [0, 0.1) is 11.3 Å². The third-order valence-electron chi connectivity index (χ3n) is 3.91. The molecule has 2 aromatic rings. The van der Waals surface area contributed by atoms with Crippen LogP contribution < -0.4 is 0 Å². The summed E-state index contributed by atoms with van der Waals surface area (Å²) in [7, 11) is 1.80. The average Bonchev–Trinajstić information content (AvgIpc) is 3.00. The summed E-state index contributed by atoms with van der Waals surface area (Å²) in [5, 5.41) is 8.78. The number of rotatable bonds is 2. The number of nitriles is 1. The number of hydrogen-bond donors (Lipinski definition) is 0. The zero-order chi connectivity index (χ0) is 15.1. The van der Waals surface area contributed by atoms with Gasteiger partial charge in [-0.3, -0.25) is 4.79 Å². The van der Waals surface area contributed by atoms with Crippen molar-refractivity contribution in [2.45, 2.75) is 24.8 Å². The predicted octanol–water partition coefficient (Wildman–Crippen LogP) is 2.61. The van der Waals surface area contributed by atoms with Crippen molar-refractivity contribution < 1.29 is 4.79 Å². The van der Waals surface area contributed by atoms with Gasteiger partial charge < -0.3 is 9.47 Å². The molecule has 2 atom stereocenters. The standard InChI is InChI=1S/C15H15ClN4O/c1-9(16)14-18-11-4-3-10(8-17)7-13(11)20(14)12-5-6-19(2)15(12)21/h3-4,7,9,12H,5-6H2,1-2H3. The summed E-state index contributed by atoms with van der Waals surface area (Å²) in [4.78, 5) is 18.6. The van der Waals surface area contributed by atoms with Crippen molar-refractivity contribution in [3.8, 4) is 6.07 Å². The zero-order valence-corrected chi connectivity index (χ0v) is 12.6. The summed E-state index contributed by atoms with van der Waals surface area (Å²) in [5.74, 6) is 0.741.